The molecule has 1 aromatic carbocycles. The Labute approximate surface area is 165 Å². The average molecular weight is 397 g/mol. The number of amides is 1. The van der Waals surface area contributed by atoms with E-state index in [1.54, 1.807) is 16.8 Å². The maximum atomic E-state index is 12.9. The number of hydrogen-bond donors (Lipinski definition) is 1. The van der Waals surface area contributed by atoms with Crippen molar-refractivity contribution in [2.24, 2.45) is 5.92 Å². The Balaban J connectivity index is 1.65. The second-order valence-electron chi connectivity index (χ2n) is 6.69. The molecule has 3 heterocycles. The minimum Gasteiger partial charge on any atom is -0.347 e. The van der Waals surface area contributed by atoms with Gasteiger partial charge in [0, 0.05) is 10.3 Å². The second-order valence-corrected chi connectivity index (χ2v) is 8.39. The first-order valence-electron chi connectivity index (χ1n) is 8.80. The van der Waals surface area contributed by atoms with Crippen LogP contribution in [0.2, 0.25) is 0 Å². The second kappa shape index (κ2) is 7.62. The van der Waals surface area contributed by atoms with Gasteiger partial charge in [0.1, 0.15) is 12.2 Å². The van der Waals surface area contributed by atoms with Crippen molar-refractivity contribution in [3.05, 3.63) is 57.5 Å². The third-order valence-electron chi connectivity index (χ3n) is 4.45. The number of hydrogen-bond acceptors (Lipinski definition) is 5. The Morgan fingerprint density at radius 2 is 2.07 bits per heavy atom. The Morgan fingerprint density at radius 3 is 2.78 bits per heavy atom. The van der Waals surface area contributed by atoms with Gasteiger partial charge in [0.2, 0.25) is 5.91 Å². The van der Waals surface area contributed by atoms with Crippen LogP contribution in [0.1, 0.15) is 24.8 Å². The fourth-order valence-electron chi connectivity index (χ4n) is 3.15. The van der Waals surface area contributed by atoms with Crippen molar-refractivity contribution in [3.63, 3.8) is 0 Å². The van der Waals surface area contributed by atoms with Gasteiger partial charge in [-0.3, -0.25) is 4.79 Å². The lowest BCUT2D eigenvalue weighted by molar-refractivity contribution is -0.122. The van der Waals surface area contributed by atoms with Crippen molar-refractivity contribution < 1.29 is 4.79 Å². The standard InChI is InChI=1S/C20H20N4OS2/c1-13(2)19(17-8-5-9-27-17)23-18(25)10-24-16-7-4-3-6-14(16)22-20(24)15-11-26-12-21-15/h3-9,11-13,19H,10H2,1-2H3,(H,23,25)/t19-/m1/s1. The molecule has 0 fully saturated rings. The van der Waals surface area contributed by atoms with Gasteiger partial charge in [-0.05, 0) is 29.5 Å². The Kier molecular flexibility index (Phi) is 5.05. The van der Waals surface area contributed by atoms with Crippen molar-refractivity contribution in [1.29, 1.82) is 0 Å². The van der Waals surface area contributed by atoms with Gasteiger partial charge in [-0.25, -0.2) is 9.97 Å². The summed E-state index contributed by atoms with van der Waals surface area (Å²) in [4.78, 5) is 23.2. The molecule has 138 valence electrons. The molecule has 1 amide bonds. The normalized spacial score (nSPS) is 12.6. The number of imidazole rings is 1. The highest BCUT2D eigenvalue weighted by molar-refractivity contribution is 7.10. The Hall–Kier alpha value is -2.51. The molecule has 0 aliphatic carbocycles. The van der Waals surface area contributed by atoms with Crippen LogP contribution in [0.4, 0.5) is 0 Å². The van der Waals surface area contributed by atoms with E-state index in [4.69, 9.17) is 4.98 Å². The van der Waals surface area contributed by atoms with Gasteiger partial charge < -0.3 is 9.88 Å². The molecule has 4 aromatic rings. The predicted octanol–water partition coefficient (Wildman–Crippen LogP) is 4.73. The number of fused-ring (bicyclic) bond motifs is 1. The summed E-state index contributed by atoms with van der Waals surface area (Å²) in [6, 6.07) is 12.0. The van der Waals surface area contributed by atoms with E-state index < -0.39 is 0 Å². The summed E-state index contributed by atoms with van der Waals surface area (Å²) in [5.41, 5.74) is 4.38. The quantitative estimate of drug-likeness (QED) is 0.512. The van der Waals surface area contributed by atoms with Crippen LogP contribution >= 0.6 is 22.7 Å². The number of benzene rings is 1. The topological polar surface area (TPSA) is 59.8 Å². The molecule has 1 N–H and O–H groups in total. The average Bonchev–Trinajstić information content (AvgIpc) is 3.40. The van der Waals surface area contributed by atoms with E-state index in [0.717, 1.165) is 22.6 Å². The number of thiazole rings is 1. The molecule has 7 heteroatoms. The minimum absolute atomic E-state index is 0.00927. The number of thiophene rings is 1. The fourth-order valence-corrected chi connectivity index (χ4v) is 4.63. The van der Waals surface area contributed by atoms with Crippen LogP contribution in [-0.2, 0) is 11.3 Å². The number of para-hydroxylation sites is 2. The van der Waals surface area contributed by atoms with E-state index in [1.165, 1.54) is 16.2 Å². The zero-order valence-corrected chi connectivity index (χ0v) is 16.8. The molecule has 4 rings (SSSR count). The SMILES string of the molecule is CC(C)[C@@H](NC(=O)Cn1c(-c2cscn2)nc2ccccc21)c1cccs1. The van der Waals surface area contributed by atoms with E-state index >= 15 is 0 Å². The molecule has 0 bridgehead atoms. The summed E-state index contributed by atoms with van der Waals surface area (Å²) in [6.07, 6.45) is 0. The van der Waals surface area contributed by atoms with Gasteiger partial charge in [0.25, 0.3) is 0 Å². The zero-order valence-electron chi connectivity index (χ0n) is 15.1. The van der Waals surface area contributed by atoms with Crippen molar-refractivity contribution in [2.75, 3.05) is 0 Å². The van der Waals surface area contributed by atoms with Crippen LogP contribution in [0.25, 0.3) is 22.6 Å². The van der Waals surface area contributed by atoms with Crippen LogP contribution < -0.4 is 5.32 Å². The van der Waals surface area contributed by atoms with Crippen molar-refractivity contribution in [1.82, 2.24) is 19.9 Å². The van der Waals surface area contributed by atoms with Crippen molar-refractivity contribution >= 4 is 39.6 Å². The smallest absolute Gasteiger partial charge is 0.240 e. The van der Waals surface area contributed by atoms with Crippen LogP contribution in [0, 0.1) is 5.92 Å². The summed E-state index contributed by atoms with van der Waals surface area (Å²) in [5, 5.41) is 7.20. The molecule has 0 saturated heterocycles. The first-order chi connectivity index (χ1) is 13.1. The molecule has 5 nitrogen and oxygen atoms in total. The minimum atomic E-state index is -0.0262. The fraction of sp³-hybridized carbons (Fsp3) is 0.250. The molecule has 27 heavy (non-hydrogen) atoms. The summed E-state index contributed by atoms with van der Waals surface area (Å²) in [6.45, 7) is 4.46. The molecular formula is C20H20N4OS2. The van der Waals surface area contributed by atoms with Gasteiger partial charge in [-0.1, -0.05) is 32.0 Å². The number of carbonyl (C=O) groups excluding carboxylic acids is 1. The van der Waals surface area contributed by atoms with Gasteiger partial charge in [0.05, 0.1) is 22.6 Å². The van der Waals surface area contributed by atoms with Crippen LogP contribution in [0.3, 0.4) is 0 Å². The summed E-state index contributed by atoms with van der Waals surface area (Å²) in [7, 11) is 0. The van der Waals surface area contributed by atoms with Crippen molar-refractivity contribution in [3.8, 4) is 11.5 Å². The number of carbonyl (C=O) groups is 1. The first-order valence-corrected chi connectivity index (χ1v) is 10.6. The van der Waals surface area contributed by atoms with Crippen LogP contribution in [-0.4, -0.2) is 20.4 Å². The molecule has 0 unspecified atom stereocenters. The highest BCUT2D eigenvalue weighted by Gasteiger charge is 2.21. The summed E-state index contributed by atoms with van der Waals surface area (Å²) >= 11 is 3.19. The van der Waals surface area contributed by atoms with Gasteiger partial charge >= 0.3 is 0 Å². The maximum Gasteiger partial charge on any atom is 0.240 e. The summed E-state index contributed by atoms with van der Waals surface area (Å²) < 4.78 is 1.95. The molecule has 0 aliphatic heterocycles. The number of nitrogens with one attached hydrogen (secondary N) is 1. The maximum absolute atomic E-state index is 12.9. The largest absolute Gasteiger partial charge is 0.347 e. The van der Waals surface area contributed by atoms with E-state index in [1.807, 2.05) is 45.7 Å². The van der Waals surface area contributed by atoms with Gasteiger partial charge in [-0.15, -0.1) is 22.7 Å². The molecule has 1 atom stereocenters. The third-order valence-corrected chi connectivity index (χ3v) is 5.99. The molecular weight excluding hydrogens is 376 g/mol. The van der Waals surface area contributed by atoms with E-state index in [0.29, 0.717) is 5.92 Å². The third kappa shape index (κ3) is 3.65. The molecule has 0 aliphatic rings. The van der Waals surface area contributed by atoms with Crippen LogP contribution in [0.5, 0.6) is 0 Å². The monoisotopic (exact) mass is 396 g/mol. The Morgan fingerprint density at radius 1 is 1.22 bits per heavy atom. The van der Waals surface area contributed by atoms with E-state index in [2.05, 4.69) is 30.2 Å². The lowest BCUT2D eigenvalue weighted by atomic mass is 10.0. The molecule has 3 aromatic heterocycles. The predicted molar refractivity (Wildman–Crippen MR) is 111 cm³/mol. The Bertz CT molecular complexity index is 1040. The first kappa shape index (κ1) is 17.9. The van der Waals surface area contributed by atoms with Gasteiger partial charge in [-0.2, -0.15) is 0 Å². The van der Waals surface area contributed by atoms with Crippen molar-refractivity contribution in [2.45, 2.75) is 26.4 Å². The molecule has 0 spiro atoms. The summed E-state index contributed by atoms with van der Waals surface area (Å²) in [5.74, 6) is 1.01. The van der Waals surface area contributed by atoms with Crippen LogP contribution in [0.15, 0.2) is 52.7 Å². The highest BCUT2D eigenvalue weighted by Crippen LogP contribution is 2.27. The number of aromatic nitrogens is 3. The lowest BCUT2D eigenvalue weighted by Gasteiger charge is -2.21. The number of rotatable bonds is 6. The van der Waals surface area contributed by atoms with Gasteiger partial charge in [0.15, 0.2) is 5.82 Å². The van der Waals surface area contributed by atoms with E-state index in [-0.39, 0.29) is 18.5 Å². The molecule has 0 saturated carbocycles. The van der Waals surface area contributed by atoms with E-state index in [9.17, 15) is 4.79 Å². The molecule has 0 radical (unpaired) electrons. The lowest BCUT2D eigenvalue weighted by Crippen LogP contribution is -2.33. The number of nitrogens with zero attached hydrogens (tertiary/aromatic N) is 3. The highest BCUT2D eigenvalue weighted by atomic mass is 32.1. The zero-order chi connectivity index (χ0) is 18.8.